The van der Waals surface area contributed by atoms with Crippen LogP contribution in [0.5, 0.6) is 11.5 Å². The molecule has 11 heteroatoms. The summed E-state index contributed by atoms with van der Waals surface area (Å²) in [5.74, 6) is -1.56. The minimum absolute atomic E-state index is 0.00272. The van der Waals surface area contributed by atoms with Gasteiger partial charge in [0.2, 0.25) is 0 Å². The third kappa shape index (κ3) is 8.45. The van der Waals surface area contributed by atoms with Crippen molar-refractivity contribution in [1.82, 2.24) is 0 Å². The van der Waals surface area contributed by atoms with Crippen LogP contribution in [0, 0.1) is 0 Å². The summed E-state index contributed by atoms with van der Waals surface area (Å²) in [6, 6.07) is 8.65. The Balaban J connectivity index is 1.91. The molecule has 2 aromatic rings. The van der Waals surface area contributed by atoms with Gasteiger partial charge in [0.05, 0.1) is 17.9 Å². The molecule has 0 heterocycles. The molecule has 0 saturated carbocycles. The van der Waals surface area contributed by atoms with E-state index in [1.54, 1.807) is 0 Å². The summed E-state index contributed by atoms with van der Waals surface area (Å²) in [7, 11) is 1.43. The maximum Gasteiger partial charge on any atom is 0.416 e. The number of alkyl halides is 3. The molecule has 1 amide bonds. The van der Waals surface area contributed by atoms with Crippen molar-refractivity contribution < 1.29 is 46.5 Å². The highest BCUT2D eigenvalue weighted by Gasteiger charge is 2.31. The van der Waals surface area contributed by atoms with Crippen molar-refractivity contribution in [2.45, 2.75) is 13.1 Å². The minimum Gasteiger partial charge on any atom is -0.489 e. The third-order valence-corrected chi connectivity index (χ3v) is 4.11. The van der Waals surface area contributed by atoms with E-state index in [9.17, 15) is 27.6 Å². The third-order valence-electron chi connectivity index (χ3n) is 4.11. The molecule has 0 aliphatic rings. The van der Waals surface area contributed by atoms with Crippen molar-refractivity contribution in [3.05, 3.63) is 53.6 Å². The number of carbonyl (C=O) groups excluding carboxylic acids is 3. The van der Waals surface area contributed by atoms with E-state index in [-0.39, 0.29) is 30.4 Å². The fraction of sp³-hybridized carbons (Fsp3) is 0.318. The first-order valence-electron chi connectivity index (χ1n) is 9.62. The molecule has 2 rings (SSSR count). The largest absolute Gasteiger partial charge is 0.489 e. The normalized spacial score (nSPS) is 10.9. The number of nitrogens with one attached hydrogen (secondary N) is 1. The van der Waals surface area contributed by atoms with Crippen molar-refractivity contribution in [3.63, 3.8) is 0 Å². The predicted molar refractivity (Wildman–Crippen MR) is 110 cm³/mol. The van der Waals surface area contributed by atoms with E-state index in [0.29, 0.717) is 11.3 Å². The standard InChI is InChI=1S/C22H22F3NO7/c1-14(27)15-3-6-17(7-4-15)32-13-21(29)33-12-20(28)26-18-11-16(22(23,24)25)5-8-19(18)31-10-9-30-2/h3-8,11H,9-10,12-13H2,1-2H3,(H,26,28). The Morgan fingerprint density at radius 3 is 2.24 bits per heavy atom. The van der Waals surface area contributed by atoms with Gasteiger partial charge in [-0.05, 0) is 49.4 Å². The van der Waals surface area contributed by atoms with Gasteiger partial charge in [-0.2, -0.15) is 13.2 Å². The Morgan fingerprint density at radius 1 is 0.939 bits per heavy atom. The van der Waals surface area contributed by atoms with E-state index in [1.165, 1.54) is 38.3 Å². The van der Waals surface area contributed by atoms with Crippen LogP contribution >= 0.6 is 0 Å². The summed E-state index contributed by atoms with van der Waals surface area (Å²) in [5.41, 5.74) is -0.747. The fourth-order valence-electron chi connectivity index (χ4n) is 2.47. The van der Waals surface area contributed by atoms with Crippen LogP contribution in [0.4, 0.5) is 18.9 Å². The average molecular weight is 469 g/mol. The first-order valence-corrected chi connectivity index (χ1v) is 9.62. The number of anilines is 1. The van der Waals surface area contributed by atoms with Gasteiger partial charge in [-0.25, -0.2) is 4.79 Å². The lowest BCUT2D eigenvalue weighted by Gasteiger charge is -2.15. The van der Waals surface area contributed by atoms with Crippen molar-refractivity contribution in [3.8, 4) is 11.5 Å². The number of hydrogen-bond donors (Lipinski definition) is 1. The van der Waals surface area contributed by atoms with Gasteiger partial charge >= 0.3 is 12.1 Å². The molecule has 0 aliphatic carbocycles. The number of hydrogen-bond acceptors (Lipinski definition) is 7. The number of esters is 1. The summed E-state index contributed by atoms with van der Waals surface area (Å²) in [5, 5.41) is 2.24. The second-order valence-corrected chi connectivity index (χ2v) is 6.63. The molecule has 0 radical (unpaired) electrons. The van der Waals surface area contributed by atoms with Crippen LogP contribution in [0.3, 0.4) is 0 Å². The Labute approximate surface area is 187 Å². The molecule has 0 aromatic heterocycles. The molecule has 0 spiro atoms. The quantitative estimate of drug-likeness (QED) is 0.306. The maximum absolute atomic E-state index is 13.0. The van der Waals surface area contributed by atoms with Crippen molar-refractivity contribution >= 4 is 23.3 Å². The zero-order valence-corrected chi connectivity index (χ0v) is 17.9. The van der Waals surface area contributed by atoms with Gasteiger partial charge in [-0.1, -0.05) is 0 Å². The van der Waals surface area contributed by atoms with Gasteiger partial charge < -0.3 is 24.3 Å². The molecule has 33 heavy (non-hydrogen) atoms. The molecule has 8 nitrogen and oxygen atoms in total. The van der Waals surface area contributed by atoms with Gasteiger partial charge in [0.25, 0.3) is 5.91 Å². The summed E-state index contributed by atoms with van der Waals surface area (Å²) in [6.07, 6.45) is -4.63. The van der Waals surface area contributed by atoms with E-state index in [2.05, 4.69) is 5.32 Å². The van der Waals surface area contributed by atoms with Crippen LogP contribution in [0.1, 0.15) is 22.8 Å². The monoisotopic (exact) mass is 469 g/mol. The summed E-state index contributed by atoms with van der Waals surface area (Å²) in [4.78, 5) is 35.2. The van der Waals surface area contributed by atoms with Crippen LogP contribution in [0.25, 0.3) is 0 Å². The van der Waals surface area contributed by atoms with Crippen molar-refractivity contribution in [2.75, 3.05) is 38.9 Å². The first-order chi connectivity index (χ1) is 15.6. The maximum atomic E-state index is 13.0. The Kier molecular flexibility index (Phi) is 9.22. The smallest absolute Gasteiger partial charge is 0.416 e. The number of benzene rings is 2. The average Bonchev–Trinajstić information content (AvgIpc) is 2.77. The molecular formula is C22H22F3NO7. The Bertz CT molecular complexity index is 975. The molecule has 0 unspecified atom stereocenters. The van der Waals surface area contributed by atoms with E-state index < -0.39 is 36.8 Å². The highest BCUT2D eigenvalue weighted by atomic mass is 19.4. The van der Waals surface area contributed by atoms with Gasteiger partial charge in [0.1, 0.15) is 18.1 Å². The summed E-state index contributed by atoms with van der Waals surface area (Å²) < 4.78 is 59.2. The van der Waals surface area contributed by atoms with Gasteiger partial charge in [0, 0.05) is 12.7 Å². The number of Topliss-reactive ketones (excluding diaryl/α,β-unsaturated/α-hetero) is 1. The second-order valence-electron chi connectivity index (χ2n) is 6.63. The zero-order valence-electron chi connectivity index (χ0n) is 17.9. The topological polar surface area (TPSA) is 100 Å². The fourth-order valence-corrected chi connectivity index (χ4v) is 2.47. The number of carbonyl (C=O) groups is 3. The van der Waals surface area contributed by atoms with Crippen molar-refractivity contribution in [1.29, 1.82) is 0 Å². The number of amides is 1. The zero-order chi connectivity index (χ0) is 24.4. The van der Waals surface area contributed by atoms with Gasteiger partial charge in [-0.15, -0.1) is 0 Å². The molecular weight excluding hydrogens is 447 g/mol. The van der Waals surface area contributed by atoms with Gasteiger partial charge in [-0.3, -0.25) is 9.59 Å². The molecule has 2 aromatic carbocycles. The molecule has 178 valence electrons. The lowest BCUT2D eigenvalue weighted by Crippen LogP contribution is -2.24. The predicted octanol–water partition coefficient (Wildman–Crippen LogP) is 3.49. The summed E-state index contributed by atoms with van der Waals surface area (Å²) >= 11 is 0. The highest BCUT2D eigenvalue weighted by molar-refractivity contribution is 5.94. The van der Waals surface area contributed by atoms with Gasteiger partial charge in [0.15, 0.2) is 19.0 Å². The Morgan fingerprint density at radius 2 is 1.64 bits per heavy atom. The number of rotatable bonds is 11. The number of ether oxygens (including phenoxy) is 4. The van der Waals surface area contributed by atoms with E-state index in [0.717, 1.165) is 18.2 Å². The summed E-state index contributed by atoms with van der Waals surface area (Å²) in [6.45, 7) is 0.376. The highest BCUT2D eigenvalue weighted by Crippen LogP contribution is 2.35. The molecule has 0 fully saturated rings. The Hall–Kier alpha value is -3.60. The number of methoxy groups -OCH3 is 1. The van der Waals surface area contributed by atoms with Crippen LogP contribution in [-0.2, 0) is 25.2 Å². The lowest BCUT2D eigenvalue weighted by molar-refractivity contribution is -0.149. The SMILES string of the molecule is COCCOc1ccc(C(F)(F)F)cc1NC(=O)COC(=O)COc1ccc(C(C)=O)cc1. The van der Waals surface area contributed by atoms with E-state index in [4.69, 9.17) is 18.9 Å². The molecule has 1 N–H and O–H groups in total. The minimum atomic E-state index is -4.63. The second kappa shape index (κ2) is 11.9. The molecule has 0 aliphatic heterocycles. The van der Waals surface area contributed by atoms with Crippen molar-refractivity contribution in [2.24, 2.45) is 0 Å². The van der Waals surface area contributed by atoms with Crippen LogP contribution in [0.2, 0.25) is 0 Å². The lowest BCUT2D eigenvalue weighted by atomic mass is 10.1. The van der Waals surface area contributed by atoms with Crippen LogP contribution < -0.4 is 14.8 Å². The van der Waals surface area contributed by atoms with E-state index in [1.807, 2.05) is 0 Å². The molecule has 0 bridgehead atoms. The number of ketones is 1. The first kappa shape index (κ1) is 25.7. The molecule has 0 atom stereocenters. The van der Waals surface area contributed by atoms with Crippen LogP contribution in [-0.4, -0.2) is 51.2 Å². The van der Waals surface area contributed by atoms with Crippen LogP contribution in [0.15, 0.2) is 42.5 Å². The van der Waals surface area contributed by atoms with E-state index >= 15 is 0 Å². The number of halogens is 3. The molecule has 0 saturated heterocycles.